The Kier molecular flexibility index (Phi) is 11.4. The lowest BCUT2D eigenvalue weighted by molar-refractivity contribution is 0.0406. The third-order valence-electron chi connectivity index (χ3n) is 5.50. The van der Waals surface area contributed by atoms with Gasteiger partial charge in [-0.3, -0.25) is 0 Å². The van der Waals surface area contributed by atoms with Gasteiger partial charge in [0, 0.05) is 34.8 Å². The third-order valence-corrected chi connectivity index (χ3v) is 5.50. The summed E-state index contributed by atoms with van der Waals surface area (Å²) >= 11 is 0. The van der Waals surface area contributed by atoms with Crippen molar-refractivity contribution in [3.05, 3.63) is 48.0 Å². The van der Waals surface area contributed by atoms with Gasteiger partial charge in [-0.2, -0.15) is 0 Å². The Morgan fingerprint density at radius 2 is 0.971 bits per heavy atom. The standard InChI is InChI=1S/C28H38O6/c1-4-22-11-12-25-26(21-22)28(34-20-18-32-16-14-30-6-3)24-10-8-7-9-23(24)27(25)33-19-17-31-15-13-29-5-2/h7-12,21H,4-6,13-20H2,1-3H3. The van der Waals surface area contributed by atoms with E-state index in [4.69, 9.17) is 28.4 Å². The van der Waals surface area contributed by atoms with E-state index >= 15 is 0 Å². The molecule has 34 heavy (non-hydrogen) atoms. The highest BCUT2D eigenvalue weighted by Crippen LogP contribution is 2.43. The molecule has 0 aromatic heterocycles. The second-order valence-electron chi connectivity index (χ2n) is 7.75. The fourth-order valence-corrected chi connectivity index (χ4v) is 3.81. The summed E-state index contributed by atoms with van der Waals surface area (Å²) in [6, 6.07) is 14.7. The summed E-state index contributed by atoms with van der Waals surface area (Å²) in [5, 5.41) is 4.16. The molecule has 0 atom stereocenters. The Hall–Kier alpha value is -2.38. The van der Waals surface area contributed by atoms with Crippen LogP contribution >= 0.6 is 0 Å². The van der Waals surface area contributed by atoms with Crippen LogP contribution in [0.25, 0.3) is 21.5 Å². The third kappa shape index (κ3) is 7.31. The minimum absolute atomic E-state index is 0.467. The van der Waals surface area contributed by atoms with Crippen LogP contribution in [0.3, 0.4) is 0 Å². The normalized spacial score (nSPS) is 11.4. The van der Waals surface area contributed by atoms with Gasteiger partial charge in [0.25, 0.3) is 0 Å². The molecule has 3 aromatic carbocycles. The van der Waals surface area contributed by atoms with E-state index in [0.29, 0.717) is 66.1 Å². The van der Waals surface area contributed by atoms with E-state index < -0.39 is 0 Å². The predicted octanol–water partition coefficient (Wildman–Crippen LogP) is 5.42. The highest BCUT2D eigenvalue weighted by molar-refractivity contribution is 6.11. The number of hydrogen-bond acceptors (Lipinski definition) is 6. The van der Waals surface area contributed by atoms with Crippen molar-refractivity contribution in [2.45, 2.75) is 27.2 Å². The quantitative estimate of drug-likeness (QED) is 0.194. The average Bonchev–Trinajstić information content (AvgIpc) is 2.87. The molecule has 0 amide bonds. The van der Waals surface area contributed by atoms with Gasteiger partial charge in [0.2, 0.25) is 0 Å². The summed E-state index contributed by atoms with van der Waals surface area (Å²) in [5.74, 6) is 1.73. The number of hydrogen-bond donors (Lipinski definition) is 0. The average molecular weight is 471 g/mol. The maximum atomic E-state index is 6.31. The van der Waals surface area contributed by atoms with Crippen LogP contribution in [0.15, 0.2) is 42.5 Å². The van der Waals surface area contributed by atoms with Gasteiger partial charge in [-0.1, -0.05) is 43.3 Å². The second-order valence-corrected chi connectivity index (χ2v) is 7.75. The lowest BCUT2D eigenvalue weighted by atomic mass is 9.98. The van der Waals surface area contributed by atoms with E-state index in [9.17, 15) is 0 Å². The van der Waals surface area contributed by atoms with E-state index in [1.54, 1.807) is 0 Å². The Morgan fingerprint density at radius 3 is 1.50 bits per heavy atom. The number of aryl methyl sites for hydroxylation is 1. The van der Waals surface area contributed by atoms with Crippen molar-refractivity contribution < 1.29 is 28.4 Å². The fraction of sp³-hybridized carbons (Fsp3) is 0.500. The van der Waals surface area contributed by atoms with Crippen LogP contribution in [0.4, 0.5) is 0 Å². The van der Waals surface area contributed by atoms with E-state index in [0.717, 1.165) is 39.5 Å². The SMILES string of the molecule is CCOCCOCCOc1c2ccccc2c(OCCOCCOCC)c2cc(CC)ccc12. The molecule has 0 saturated heterocycles. The first-order valence-electron chi connectivity index (χ1n) is 12.3. The highest BCUT2D eigenvalue weighted by atomic mass is 16.5. The van der Waals surface area contributed by atoms with Crippen molar-refractivity contribution in [1.82, 2.24) is 0 Å². The van der Waals surface area contributed by atoms with Crippen LogP contribution in [-0.2, 0) is 25.4 Å². The maximum absolute atomic E-state index is 6.31. The van der Waals surface area contributed by atoms with Crippen LogP contribution in [0.5, 0.6) is 11.5 Å². The molecule has 0 saturated carbocycles. The monoisotopic (exact) mass is 470 g/mol. The van der Waals surface area contributed by atoms with Gasteiger partial charge >= 0.3 is 0 Å². The summed E-state index contributed by atoms with van der Waals surface area (Å²) in [5.41, 5.74) is 1.26. The van der Waals surface area contributed by atoms with Crippen molar-refractivity contribution >= 4 is 21.5 Å². The van der Waals surface area contributed by atoms with E-state index in [-0.39, 0.29) is 0 Å². The molecule has 3 aromatic rings. The van der Waals surface area contributed by atoms with Gasteiger partial charge in [-0.15, -0.1) is 0 Å². The zero-order valence-corrected chi connectivity index (χ0v) is 20.8. The summed E-state index contributed by atoms with van der Waals surface area (Å²) < 4.78 is 34.5. The molecule has 6 nitrogen and oxygen atoms in total. The minimum Gasteiger partial charge on any atom is -0.490 e. The molecule has 0 aliphatic rings. The van der Waals surface area contributed by atoms with Gasteiger partial charge in [0.1, 0.15) is 24.7 Å². The first kappa shape index (κ1) is 26.2. The molecule has 0 fully saturated rings. The summed E-state index contributed by atoms with van der Waals surface area (Å²) in [4.78, 5) is 0. The molecule has 3 rings (SSSR count). The Balaban J connectivity index is 1.81. The Labute approximate surface area is 203 Å². The van der Waals surface area contributed by atoms with Crippen molar-refractivity contribution in [1.29, 1.82) is 0 Å². The first-order valence-corrected chi connectivity index (χ1v) is 12.3. The van der Waals surface area contributed by atoms with Gasteiger partial charge < -0.3 is 28.4 Å². The second kappa shape index (κ2) is 14.8. The lowest BCUT2D eigenvalue weighted by Gasteiger charge is -2.18. The molecule has 0 N–H and O–H groups in total. The number of ether oxygens (including phenoxy) is 6. The molecular formula is C28H38O6. The molecule has 186 valence electrons. The molecule has 0 unspecified atom stereocenters. The molecule has 0 spiro atoms. The summed E-state index contributed by atoms with van der Waals surface area (Å²) in [6.45, 7) is 11.8. The van der Waals surface area contributed by atoms with Crippen LogP contribution in [0.2, 0.25) is 0 Å². The molecular weight excluding hydrogens is 432 g/mol. The first-order chi connectivity index (χ1) is 16.8. The summed E-state index contributed by atoms with van der Waals surface area (Å²) in [6.07, 6.45) is 0.951. The van der Waals surface area contributed by atoms with Crippen LogP contribution in [0.1, 0.15) is 26.3 Å². The number of rotatable bonds is 17. The zero-order chi connectivity index (χ0) is 24.0. The smallest absolute Gasteiger partial charge is 0.135 e. The lowest BCUT2D eigenvalue weighted by Crippen LogP contribution is -2.12. The van der Waals surface area contributed by atoms with Crippen molar-refractivity contribution in [3.63, 3.8) is 0 Å². The van der Waals surface area contributed by atoms with Gasteiger partial charge in [0.05, 0.1) is 39.6 Å². The van der Waals surface area contributed by atoms with Crippen molar-refractivity contribution in [2.24, 2.45) is 0 Å². The number of fused-ring (bicyclic) bond motifs is 2. The molecule has 0 radical (unpaired) electrons. The van der Waals surface area contributed by atoms with E-state index in [1.165, 1.54) is 5.56 Å². The molecule has 0 aliphatic heterocycles. The highest BCUT2D eigenvalue weighted by Gasteiger charge is 2.16. The summed E-state index contributed by atoms with van der Waals surface area (Å²) in [7, 11) is 0. The van der Waals surface area contributed by atoms with Crippen LogP contribution < -0.4 is 9.47 Å². The van der Waals surface area contributed by atoms with E-state index in [2.05, 4.69) is 37.3 Å². The van der Waals surface area contributed by atoms with Crippen molar-refractivity contribution in [3.8, 4) is 11.5 Å². The molecule has 0 heterocycles. The topological polar surface area (TPSA) is 55.4 Å². The van der Waals surface area contributed by atoms with E-state index in [1.807, 2.05) is 26.0 Å². The van der Waals surface area contributed by atoms with Gasteiger partial charge in [-0.25, -0.2) is 0 Å². The largest absolute Gasteiger partial charge is 0.490 e. The maximum Gasteiger partial charge on any atom is 0.135 e. The fourth-order valence-electron chi connectivity index (χ4n) is 3.81. The molecule has 0 bridgehead atoms. The van der Waals surface area contributed by atoms with Gasteiger partial charge in [-0.05, 0) is 31.9 Å². The predicted molar refractivity (Wildman–Crippen MR) is 136 cm³/mol. The van der Waals surface area contributed by atoms with Crippen LogP contribution in [0, 0.1) is 0 Å². The van der Waals surface area contributed by atoms with Crippen molar-refractivity contribution in [2.75, 3.05) is 66.1 Å². The molecule has 0 aliphatic carbocycles. The van der Waals surface area contributed by atoms with Gasteiger partial charge in [0.15, 0.2) is 0 Å². The van der Waals surface area contributed by atoms with Crippen LogP contribution in [-0.4, -0.2) is 66.1 Å². The Bertz CT molecular complexity index is 1000. The molecule has 6 heteroatoms. The number of benzene rings is 3. The minimum atomic E-state index is 0.467. The zero-order valence-electron chi connectivity index (χ0n) is 20.8. The Morgan fingerprint density at radius 1 is 0.500 bits per heavy atom.